The minimum atomic E-state index is 0.695. The van der Waals surface area contributed by atoms with Crippen molar-refractivity contribution >= 4 is 11.5 Å². The van der Waals surface area contributed by atoms with Gasteiger partial charge in [0.05, 0.1) is 0 Å². The summed E-state index contributed by atoms with van der Waals surface area (Å²) in [5.74, 6) is 0.780. The monoisotopic (exact) mass is 254 g/mol. The fourth-order valence-electron chi connectivity index (χ4n) is 1.71. The van der Waals surface area contributed by atoms with E-state index in [0.717, 1.165) is 28.3 Å². The molecule has 0 bridgehead atoms. The molecule has 0 amide bonds. The highest BCUT2D eigenvalue weighted by molar-refractivity contribution is 5.72. The maximum Gasteiger partial charge on any atom is 0.152 e. The molecular formula is C15H18N4. The largest absolute Gasteiger partial charge is 0.388 e. The van der Waals surface area contributed by atoms with Gasteiger partial charge in [0.2, 0.25) is 0 Å². The Morgan fingerprint density at radius 2 is 1.84 bits per heavy atom. The fraction of sp³-hybridized carbons (Fsp3) is 0.200. The van der Waals surface area contributed by atoms with Gasteiger partial charge in [-0.2, -0.15) is 0 Å². The third-order valence-corrected chi connectivity index (χ3v) is 2.70. The van der Waals surface area contributed by atoms with E-state index in [-0.39, 0.29) is 0 Å². The van der Waals surface area contributed by atoms with Crippen molar-refractivity contribution in [2.45, 2.75) is 6.92 Å². The number of benzene rings is 1. The lowest BCUT2D eigenvalue weighted by molar-refractivity contribution is 1.13. The zero-order valence-electron chi connectivity index (χ0n) is 11.3. The van der Waals surface area contributed by atoms with Gasteiger partial charge in [-0.3, -0.25) is 4.98 Å². The van der Waals surface area contributed by atoms with Crippen LogP contribution >= 0.6 is 0 Å². The third kappa shape index (κ3) is 3.31. The molecule has 0 spiro atoms. The Kier molecular flexibility index (Phi) is 4.13. The molecule has 1 aromatic carbocycles. The van der Waals surface area contributed by atoms with E-state index in [1.54, 1.807) is 12.4 Å². The molecule has 4 nitrogen and oxygen atoms in total. The topological polar surface area (TPSA) is 49.8 Å². The second kappa shape index (κ2) is 6.00. The Labute approximate surface area is 113 Å². The molecule has 0 atom stereocenters. The summed E-state index contributed by atoms with van der Waals surface area (Å²) < 4.78 is 0. The number of nitrogens with zero attached hydrogens (tertiary/aromatic N) is 2. The molecule has 0 saturated carbocycles. The van der Waals surface area contributed by atoms with Crippen molar-refractivity contribution in [1.82, 2.24) is 9.97 Å². The maximum atomic E-state index is 4.41. The van der Waals surface area contributed by atoms with E-state index in [0.29, 0.717) is 6.54 Å². The van der Waals surface area contributed by atoms with Crippen molar-refractivity contribution in [3.8, 4) is 11.3 Å². The Morgan fingerprint density at radius 1 is 1.16 bits per heavy atom. The second-order valence-electron chi connectivity index (χ2n) is 4.39. The first kappa shape index (κ1) is 13.1. The van der Waals surface area contributed by atoms with E-state index >= 15 is 0 Å². The zero-order chi connectivity index (χ0) is 13.7. The lowest BCUT2D eigenvalue weighted by atomic mass is 10.1. The number of anilines is 2. The first-order chi connectivity index (χ1) is 9.20. The molecule has 0 radical (unpaired) electrons. The highest BCUT2D eigenvalue weighted by atomic mass is 15.0. The van der Waals surface area contributed by atoms with Gasteiger partial charge in [-0.1, -0.05) is 24.3 Å². The van der Waals surface area contributed by atoms with E-state index in [1.807, 2.05) is 38.2 Å². The number of hydrogen-bond donors (Lipinski definition) is 2. The number of hydrogen-bond acceptors (Lipinski definition) is 4. The summed E-state index contributed by atoms with van der Waals surface area (Å²) in [5.41, 5.74) is 4.02. The molecule has 0 aliphatic heterocycles. The molecule has 4 heteroatoms. The van der Waals surface area contributed by atoms with Crippen molar-refractivity contribution in [2.75, 3.05) is 24.2 Å². The minimum absolute atomic E-state index is 0.695. The summed E-state index contributed by atoms with van der Waals surface area (Å²) in [7, 11) is 1.90. The first-order valence-electron chi connectivity index (χ1n) is 6.18. The van der Waals surface area contributed by atoms with Gasteiger partial charge < -0.3 is 10.6 Å². The Morgan fingerprint density at radius 3 is 2.47 bits per heavy atom. The molecule has 2 rings (SSSR count). The lowest BCUT2D eigenvalue weighted by Crippen LogP contribution is -2.06. The van der Waals surface area contributed by atoms with Gasteiger partial charge in [-0.15, -0.1) is 0 Å². The van der Waals surface area contributed by atoms with Gasteiger partial charge >= 0.3 is 0 Å². The molecule has 0 aliphatic rings. The van der Waals surface area contributed by atoms with E-state index in [9.17, 15) is 0 Å². The smallest absolute Gasteiger partial charge is 0.152 e. The van der Waals surface area contributed by atoms with Gasteiger partial charge in [0.25, 0.3) is 0 Å². The maximum absolute atomic E-state index is 4.41. The normalized spacial score (nSPS) is 10.0. The van der Waals surface area contributed by atoms with Crippen molar-refractivity contribution in [1.29, 1.82) is 0 Å². The summed E-state index contributed by atoms with van der Waals surface area (Å²) >= 11 is 0. The van der Waals surface area contributed by atoms with Crippen molar-refractivity contribution in [3.05, 3.63) is 48.8 Å². The van der Waals surface area contributed by atoms with Crippen LogP contribution in [0.2, 0.25) is 0 Å². The van der Waals surface area contributed by atoms with Crippen molar-refractivity contribution in [2.24, 2.45) is 0 Å². The van der Waals surface area contributed by atoms with Crippen LogP contribution in [0.15, 0.2) is 48.8 Å². The van der Waals surface area contributed by atoms with Crippen LogP contribution in [0.5, 0.6) is 0 Å². The predicted octanol–water partition coefficient (Wildman–Crippen LogP) is 3.17. The van der Waals surface area contributed by atoms with Crippen LogP contribution < -0.4 is 10.6 Å². The van der Waals surface area contributed by atoms with Crippen LogP contribution in [0, 0.1) is 0 Å². The second-order valence-corrected chi connectivity index (χ2v) is 4.39. The van der Waals surface area contributed by atoms with Crippen LogP contribution in [0.4, 0.5) is 11.5 Å². The average Bonchev–Trinajstić information content (AvgIpc) is 2.45. The summed E-state index contributed by atoms with van der Waals surface area (Å²) in [6, 6.07) is 8.10. The summed E-state index contributed by atoms with van der Waals surface area (Å²) in [5, 5.41) is 6.35. The van der Waals surface area contributed by atoms with Gasteiger partial charge in [-0.25, -0.2) is 4.98 Å². The summed E-state index contributed by atoms with van der Waals surface area (Å²) in [6.45, 7) is 6.55. The van der Waals surface area contributed by atoms with E-state index in [1.165, 1.54) is 0 Å². The average molecular weight is 254 g/mol. The molecule has 0 fully saturated rings. The van der Waals surface area contributed by atoms with Crippen LogP contribution in [-0.4, -0.2) is 23.6 Å². The third-order valence-electron chi connectivity index (χ3n) is 2.70. The molecule has 2 aromatic rings. The first-order valence-corrected chi connectivity index (χ1v) is 6.18. The molecule has 0 saturated heterocycles. The quantitative estimate of drug-likeness (QED) is 0.805. The van der Waals surface area contributed by atoms with Gasteiger partial charge in [0, 0.05) is 37.2 Å². The fourth-order valence-corrected chi connectivity index (χ4v) is 1.71. The SMILES string of the molecule is C=C(C)CNc1nccnc1-c1ccc(NC)cc1. The Hall–Kier alpha value is -2.36. The Bertz CT molecular complexity index is 561. The number of nitrogens with one attached hydrogen (secondary N) is 2. The molecule has 0 unspecified atom stereocenters. The predicted molar refractivity (Wildman–Crippen MR) is 80.3 cm³/mol. The van der Waals surface area contributed by atoms with Crippen molar-refractivity contribution in [3.63, 3.8) is 0 Å². The Balaban J connectivity index is 2.29. The molecule has 1 heterocycles. The highest BCUT2D eigenvalue weighted by Gasteiger charge is 2.07. The van der Waals surface area contributed by atoms with E-state index < -0.39 is 0 Å². The number of rotatable bonds is 5. The van der Waals surface area contributed by atoms with Gasteiger partial charge in [0.1, 0.15) is 5.69 Å². The van der Waals surface area contributed by atoms with E-state index in [4.69, 9.17) is 0 Å². The zero-order valence-corrected chi connectivity index (χ0v) is 11.3. The summed E-state index contributed by atoms with van der Waals surface area (Å²) in [6.07, 6.45) is 3.39. The molecule has 98 valence electrons. The van der Waals surface area contributed by atoms with Crippen LogP contribution in [0.1, 0.15) is 6.92 Å². The number of aromatic nitrogens is 2. The summed E-state index contributed by atoms with van der Waals surface area (Å²) in [4.78, 5) is 8.75. The molecule has 19 heavy (non-hydrogen) atoms. The van der Waals surface area contributed by atoms with Gasteiger partial charge in [-0.05, 0) is 19.1 Å². The van der Waals surface area contributed by atoms with E-state index in [2.05, 4.69) is 27.2 Å². The van der Waals surface area contributed by atoms with Crippen LogP contribution in [-0.2, 0) is 0 Å². The van der Waals surface area contributed by atoms with Gasteiger partial charge in [0.15, 0.2) is 5.82 Å². The molecule has 0 aliphatic carbocycles. The molecule has 1 aromatic heterocycles. The molecule has 2 N–H and O–H groups in total. The van der Waals surface area contributed by atoms with Crippen LogP contribution in [0.25, 0.3) is 11.3 Å². The van der Waals surface area contributed by atoms with Crippen LogP contribution in [0.3, 0.4) is 0 Å². The lowest BCUT2D eigenvalue weighted by Gasteiger charge is -2.10. The molecular weight excluding hydrogens is 236 g/mol. The highest BCUT2D eigenvalue weighted by Crippen LogP contribution is 2.24. The standard InChI is InChI=1S/C15H18N4/c1-11(2)10-19-15-14(17-8-9-18-15)12-4-6-13(16-3)7-5-12/h4-9,16H,1,10H2,2-3H3,(H,18,19). The minimum Gasteiger partial charge on any atom is -0.388 e. The van der Waals surface area contributed by atoms with Crippen molar-refractivity contribution < 1.29 is 0 Å².